The van der Waals surface area contributed by atoms with E-state index in [0.29, 0.717) is 6.54 Å². The summed E-state index contributed by atoms with van der Waals surface area (Å²) < 4.78 is 23.1. The molecule has 1 amide bonds. The van der Waals surface area contributed by atoms with Gasteiger partial charge in [0.1, 0.15) is 0 Å². The van der Waals surface area contributed by atoms with Crippen molar-refractivity contribution < 1.29 is 13.2 Å². The minimum Gasteiger partial charge on any atom is -0.319 e. The minimum atomic E-state index is -3.41. The Kier molecular flexibility index (Phi) is 4.19. The van der Waals surface area contributed by atoms with Gasteiger partial charge in [0.15, 0.2) is 0 Å². The molecule has 0 heterocycles. The summed E-state index contributed by atoms with van der Waals surface area (Å²) in [5.41, 5.74) is 0. The van der Waals surface area contributed by atoms with Gasteiger partial charge in [0.2, 0.25) is 15.9 Å². The lowest BCUT2D eigenvalue weighted by Crippen LogP contribution is -2.37. The Hall–Kier alpha value is -0.620. The molecular formula is C6H14N2O3S. The van der Waals surface area contributed by atoms with Crippen LogP contribution < -0.4 is 10.0 Å². The molecule has 0 aromatic heterocycles. The lowest BCUT2D eigenvalue weighted by atomic mass is 10.2. The maximum atomic E-state index is 11.0. The van der Waals surface area contributed by atoms with Gasteiger partial charge in [-0.15, -0.1) is 0 Å². The highest BCUT2D eigenvalue weighted by Crippen LogP contribution is 1.92. The Morgan fingerprint density at radius 2 is 2.00 bits per heavy atom. The van der Waals surface area contributed by atoms with Crippen molar-refractivity contribution in [3.63, 3.8) is 0 Å². The van der Waals surface area contributed by atoms with E-state index in [1.54, 1.807) is 14.0 Å². The number of carbonyl (C=O) groups excluding carboxylic acids is 1. The van der Waals surface area contributed by atoms with E-state index >= 15 is 0 Å². The van der Waals surface area contributed by atoms with Crippen molar-refractivity contribution in [3.05, 3.63) is 0 Å². The molecule has 0 saturated heterocycles. The molecule has 0 rings (SSSR count). The molecule has 0 aliphatic heterocycles. The van der Waals surface area contributed by atoms with Crippen LogP contribution in [-0.2, 0) is 14.8 Å². The predicted octanol–water partition coefficient (Wildman–Crippen LogP) is -1.08. The van der Waals surface area contributed by atoms with E-state index < -0.39 is 15.9 Å². The van der Waals surface area contributed by atoms with E-state index in [0.717, 1.165) is 6.26 Å². The van der Waals surface area contributed by atoms with Crippen LogP contribution >= 0.6 is 0 Å². The highest BCUT2D eigenvalue weighted by molar-refractivity contribution is 7.89. The van der Waals surface area contributed by atoms with Crippen LogP contribution in [0.3, 0.4) is 0 Å². The van der Waals surface area contributed by atoms with Gasteiger partial charge in [-0.05, 0) is 7.05 Å². The largest absolute Gasteiger partial charge is 0.319 e. The summed E-state index contributed by atoms with van der Waals surface area (Å²) in [6.07, 6.45) is 0.955. The zero-order chi connectivity index (χ0) is 9.78. The van der Waals surface area contributed by atoms with Crippen LogP contribution in [0.1, 0.15) is 6.92 Å². The van der Waals surface area contributed by atoms with Gasteiger partial charge in [-0.2, -0.15) is 0 Å². The molecule has 0 saturated carbocycles. The molecule has 1 unspecified atom stereocenters. The number of amides is 1. The highest BCUT2D eigenvalue weighted by atomic mass is 32.2. The molecule has 5 nitrogen and oxygen atoms in total. The van der Waals surface area contributed by atoms with Crippen molar-refractivity contribution in [2.75, 3.05) is 19.8 Å². The monoisotopic (exact) mass is 194 g/mol. The second-order valence-corrected chi connectivity index (χ2v) is 4.45. The van der Waals surface area contributed by atoms with Gasteiger partial charge in [-0.3, -0.25) is 9.52 Å². The van der Waals surface area contributed by atoms with E-state index in [1.807, 2.05) is 4.72 Å². The van der Waals surface area contributed by atoms with Gasteiger partial charge in [0, 0.05) is 12.5 Å². The van der Waals surface area contributed by atoms with Gasteiger partial charge < -0.3 is 5.32 Å². The first-order valence-corrected chi connectivity index (χ1v) is 5.42. The first-order chi connectivity index (χ1) is 5.37. The molecule has 0 aliphatic carbocycles. The van der Waals surface area contributed by atoms with Crippen molar-refractivity contribution in [2.24, 2.45) is 5.92 Å². The van der Waals surface area contributed by atoms with E-state index in [4.69, 9.17) is 0 Å². The molecule has 12 heavy (non-hydrogen) atoms. The van der Waals surface area contributed by atoms with Crippen molar-refractivity contribution >= 4 is 15.9 Å². The predicted molar refractivity (Wildman–Crippen MR) is 46.1 cm³/mol. The molecule has 0 spiro atoms. The molecule has 0 fully saturated rings. The SMILES string of the molecule is CNCC(C)C(=O)NS(C)(=O)=O. The molecule has 0 aromatic rings. The molecular weight excluding hydrogens is 180 g/mol. The molecule has 0 radical (unpaired) electrons. The van der Waals surface area contributed by atoms with Crippen LogP contribution in [0.4, 0.5) is 0 Å². The molecule has 0 aromatic carbocycles. The molecule has 0 aliphatic rings. The van der Waals surface area contributed by atoms with Crippen LogP contribution in [0.25, 0.3) is 0 Å². The quantitative estimate of drug-likeness (QED) is 0.597. The van der Waals surface area contributed by atoms with Crippen molar-refractivity contribution in [3.8, 4) is 0 Å². The Bertz CT molecular complexity index is 248. The Morgan fingerprint density at radius 3 is 2.33 bits per heavy atom. The second-order valence-electron chi connectivity index (χ2n) is 2.70. The molecule has 72 valence electrons. The number of rotatable bonds is 4. The van der Waals surface area contributed by atoms with Crippen molar-refractivity contribution in [2.45, 2.75) is 6.92 Å². The first-order valence-electron chi connectivity index (χ1n) is 3.53. The average Bonchev–Trinajstić information content (AvgIpc) is 1.84. The first kappa shape index (κ1) is 11.4. The van der Waals surface area contributed by atoms with Gasteiger partial charge >= 0.3 is 0 Å². The zero-order valence-corrected chi connectivity index (χ0v) is 8.23. The second kappa shape index (κ2) is 4.42. The maximum absolute atomic E-state index is 11.0. The number of carbonyl (C=O) groups is 1. The summed E-state index contributed by atoms with van der Waals surface area (Å²) in [5.74, 6) is -0.823. The van der Waals surface area contributed by atoms with E-state index in [2.05, 4.69) is 5.32 Å². The number of nitrogens with one attached hydrogen (secondary N) is 2. The summed E-state index contributed by atoms with van der Waals surface area (Å²) in [4.78, 5) is 11.0. The van der Waals surface area contributed by atoms with Gasteiger partial charge in [-0.25, -0.2) is 8.42 Å². The van der Waals surface area contributed by atoms with Crippen molar-refractivity contribution in [1.82, 2.24) is 10.0 Å². The maximum Gasteiger partial charge on any atom is 0.237 e. The number of hydrogen-bond donors (Lipinski definition) is 2. The molecule has 1 atom stereocenters. The van der Waals surface area contributed by atoms with Gasteiger partial charge in [-0.1, -0.05) is 6.92 Å². The molecule has 2 N–H and O–H groups in total. The zero-order valence-electron chi connectivity index (χ0n) is 7.42. The van der Waals surface area contributed by atoms with Crippen LogP contribution in [0.2, 0.25) is 0 Å². The Labute approximate surface area is 72.6 Å². The fourth-order valence-electron chi connectivity index (χ4n) is 0.682. The highest BCUT2D eigenvalue weighted by Gasteiger charge is 2.15. The molecule has 0 bridgehead atoms. The fourth-order valence-corrected chi connectivity index (χ4v) is 1.25. The summed E-state index contributed by atoms with van der Waals surface area (Å²) in [6, 6.07) is 0. The van der Waals surface area contributed by atoms with Crippen molar-refractivity contribution in [1.29, 1.82) is 0 Å². The summed E-state index contributed by atoms with van der Waals surface area (Å²) >= 11 is 0. The van der Waals surface area contributed by atoms with Gasteiger partial charge in [0.25, 0.3) is 0 Å². The molecule has 6 heteroatoms. The van der Waals surface area contributed by atoms with E-state index in [9.17, 15) is 13.2 Å². The Balaban J connectivity index is 4.05. The third kappa shape index (κ3) is 5.09. The topological polar surface area (TPSA) is 75.3 Å². The third-order valence-corrected chi connectivity index (χ3v) is 1.82. The summed E-state index contributed by atoms with van der Waals surface area (Å²) in [7, 11) is -1.72. The van der Waals surface area contributed by atoms with Crippen LogP contribution in [-0.4, -0.2) is 34.2 Å². The summed E-state index contributed by atoms with van der Waals surface area (Å²) in [6.45, 7) is 2.11. The summed E-state index contributed by atoms with van der Waals surface area (Å²) in [5, 5.41) is 2.78. The smallest absolute Gasteiger partial charge is 0.237 e. The Morgan fingerprint density at radius 1 is 1.50 bits per heavy atom. The van der Waals surface area contributed by atoms with E-state index in [1.165, 1.54) is 0 Å². The van der Waals surface area contributed by atoms with Gasteiger partial charge in [0.05, 0.1) is 6.26 Å². The number of sulfonamides is 1. The van der Waals surface area contributed by atoms with Crippen LogP contribution in [0, 0.1) is 5.92 Å². The van der Waals surface area contributed by atoms with E-state index in [-0.39, 0.29) is 5.92 Å². The lowest BCUT2D eigenvalue weighted by molar-refractivity contribution is -0.122. The average molecular weight is 194 g/mol. The normalized spacial score (nSPS) is 13.9. The van der Waals surface area contributed by atoms with Crippen LogP contribution in [0.5, 0.6) is 0 Å². The lowest BCUT2D eigenvalue weighted by Gasteiger charge is -2.09. The van der Waals surface area contributed by atoms with Crippen LogP contribution in [0.15, 0.2) is 0 Å². The minimum absolute atomic E-state index is 0.343. The standard InChI is InChI=1S/C6H14N2O3S/c1-5(4-7-2)6(9)8-12(3,10)11/h5,7H,4H2,1-3H3,(H,8,9). The number of hydrogen-bond acceptors (Lipinski definition) is 4. The fraction of sp³-hybridized carbons (Fsp3) is 0.833. The third-order valence-electron chi connectivity index (χ3n) is 1.24.